The Balaban J connectivity index is 1.50. The van der Waals surface area contributed by atoms with Gasteiger partial charge in [0.25, 0.3) is 0 Å². The summed E-state index contributed by atoms with van der Waals surface area (Å²) >= 11 is 0. The first-order valence-corrected chi connectivity index (χ1v) is 8.32. The van der Waals surface area contributed by atoms with Crippen LogP contribution in [0.4, 0.5) is 0 Å². The Hall–Kier alpha value is -0.570. The van der Waals surface area contributed by atoms with E-state index >= 15 is 0 Å². The Morgan fingerprint density at radius 1 is 0.947 bits per heavy atom. The second-order valence-corrected chi connectivity index (χ2v) is 7.33. The van der Waals surface area contributed by atoms with Crippen LogP contribution in [-0.2, 0) is 0 Å². The number of nitrogens with zero attached hydrogens (tertiary/aromatic N) is 2. The van der Waals surface area contributed by atoms with Crippen molar-refractivity contribution in [2.24, 2.45) is 28.8 Å². The zero-order valence-electron chi connectivity index (χ0n) is 11.8. The second-order valence-electron chi connectivity index (χ2n) is 7.33. The van der Waals surface area contributed by atoms with Crippen LogP contribution < -0.4 is 0 Å². The molecule has 3 nitrogen and oxygen atoms in total. The summed E-state index contributed by atoms with van der Waals surface area (Å²) in [6.07, 6.45) is 11.1. The largest absolute Gasteiger partial charge is 0.411 e. The van der Waals surface area contributed by atoms with Crippen LogP contribution in [0, 0.1) is 23.7 Å². The molecule has 1 heterocycles. The van der Waals surface area contributed by atoms with E-state index in [2.05, 4.69) is 10.1 Å². The number of oxime groups is 1. The maximum Gasteiger partial charge on any atom is 0.0775 e. The van der Waals surface area contributed by atoms with E-state index in [1.165, 1.54) is 64.5 Å². The maximum atomic E-state index is 9.38. The van der Waals surface area contributed by atoms with Crippen molar-refractivity contribution in [3.05, 3.63) is 0 Å². The Morgan fingerprint density at radius 2 is 1.79 bits per heavy atom. The zero-order valence-corrected chi connectivity index (χ0v) is 11.8. The predicted octanol–water partition coefficient (Wildman–Crippen LogP) is 3.13. The van der Waals surface area contributed by atoms with Gasteiger partial charge in [0.05, 0.1) is 11.8 Å². The smallest absolute Gasteiger partial charge is 0.0775 e. The topological polar surface area (TPSA) is 35.8 Å². The van der Waals surface area contributed by atoms with Gasteiger partial charge in [-0.25, -0.2) is 0 Å². The van der Waals surface area contributed by atoms with Gasteiger partial charge in [0.2, 0.25) is 0 Å². The molecule has 4 fully saturated rings. The molecule has 0 aromatic heterocycles. The van der Waals surface area contributed by atoms with Gasteiger partial charge in [-0.15, -0.1) is 0 Å². The SMILES string of the molecule is O/N=C1\[C@H]2CC[C@@H](C2)[C@@H]1N1CC[C@@H]2CCCC[C@H]2C1. The van der Waals surface area contributed by atoms with Gasteiger partial charge in [0.1, 0.15) is 0 Å². The summed E-state index contributed by atoms with van der Waals surface area (Å²) in [5.41, 5.74) is 1.13. The molecule has 0 aromatic rings. The highest BCUT2D eigenvalue weighted by atomic mass is 16.4. The summed E-state index contributed by atoms with van der Waals surface area (Å²) in [6, 6.07) is 0.492. The third-order valence-corrected chi connectivity index (χ3v) is 6.47. The molecule has 2 bridgehead atoms. The summed E-state index contributed by atoms with van der Waals surface area (Å²) in [5, 5.41) is 13.1. The Morgan fingerprint density at radius 3 is 2.63 bits per heavy atom. The summed E-state index contributed by atoms with van der Waals surface area (Å²) in [4.78, 5) is 2.69. The van der Waals surface area contributed by atoms with Crippen molar-refractivity contribution in [2.75, 3.05) is 13.1 Å². The Bertz CT molecular complexity index is 381. The number of fused-ring (bicyclic) bond motifs is 3. The molecule has 19 heavy (non-hydrogen) atoms. The highest BCUT2D eigenvalue weighted by molar-refractivity contribution is 5.94. The monoisotopic (exact) mass is 262 g/mol. The minimum atomic E-state index is 0.492. The molecule has 5 atom stereocenters. The first-order chi connectivity index (χ1) is 9.36. The lowest BCUT2D eigenvalue weighted by molar-refractivity contribution is 0.0602. The fraction of sp³-hybridized carbons (Fsp3) is 0.938. The van der Waals surface area contributed by atoms with Gasteiger partial charge < -0.3 is 5.21 Å². The number of piperidine rings is 1. The minimum absolute atomic E-state index is 0.492. The average Bonchev–Trinajstić information content (AvgIpc) is 3.07. The molecule has 0 amide bonds. The average molecular weight is 262 g/mol. The van der Waals surface area contributed by atoms with Crippen molar-refractivity contribution in [2.45, 2.75) is 57.4 Å². The molecule has 1 aliphatic heterocycles. The quantitative estimate of drug-likeness (QED) is 0.582. The van der Waals surface area contributed by atoms with E-state index in [0.29, 0.717) is 12.0 Å². The van der Waals surface area contributed by atoms with Crippen molar-refractivity contribution in [1.82, 2.24) is 4.90 Å². The van der Waals surface area contributed by atoms with Crippen molar-refractivity contribution >= 4 is 5.71 Å². The summed E-state index contributed by atoms with van der Waals surface area (Å²) in [7, 11) is 0. The van der Waals surface area contributed by atoms with Crippen LogP contribution in [0.25, 0.3) is 0 Å². The molecule has 0 unspecified atom stereocenters. The van der Waals surface area contributed by atoms with Gasteiger partial charge in [-0.1, -0.05) is 24.4 Å². The highest BCUT2D eigenvalue weighted by Crippen LogP contribution is 2.47. The van der Waals surface area contributed by atoms with Crippen LogP contribution in [0.5, 0.6) is 0 Å². The number of likely N-dealkylation sites (tertiary alicyclic amines) is 1. The fourth-order valence-electron chi connectivity index (χ4n) is 5.56. The standard InChI is InChI=1S/C16H26N2O/c19-17-15-12-5-6-13(9-12)16(15)18-8-7-11-3-1-2-4-14(11)10-18/h11-14,16,19H,1-10H2/b17-15+/t11-,12-,13-,14-,16-/m0/s1. The number of hydrogen-bond donors (Lipinski definition) is 1. The molecule has 3 aliphatic carbocycles. The van der Waals surface area contributed by atoms with E-state index < -0.39 is 0 Å². The Labute approximate surface area is 116 Å². The van der Waals surface area contributed by atoms with E-state index in [1.54, 1.807) is 0 Å². The molecule has 3 heteroatoms. The van der Waals surface area contributed by atoms with E-state index in [9.17, 15) is 5.21 Å². The van der Waals surface area contributed by atoms with Crippen molar-refractivity contribution in [3.8, 4) is 0 Å². The van der Waals surface area contributed by atoms with Crippen LogP contribution in [0.3, 0.4) is 0 Å². The minimum Gasteiger partial charge on any atom is -0.411 e. The molecular weight excluding hydrogens is 236 g/mol. The summed E-state index contributed by atoms with van der Waals surface area (Å²) in [6.45, 7) is 2.52. The normalized spacial score (nSPS) is 48.6. The zero-order chi connectivity index (χ0) is 12.8. The third kappa shape index (κ3) is 1.93. The fourth-order valence-corrected chi connectivity index (χ4v) is 5.56. The van der Waals surface area contributed by atoms with Gasteiger partial charge >= 0.3 is 0 Å². The third-order valence-electron chi connectivity index (χ3n) is 6.47. The molecule has 4 aliphatic rings. The van der Waals surface area contributed by atoms with Crippen LogP contribution >= 0.6 is 0 Å². The van der Waals surface area contributed by atoms with E-state index in [1.807, 2.05) is 0 Å². The van der Waals surface area contributed by atoms with Gasteiger partial charge in [0.15, 0.2) is 0 Å². The summed E-state index contributed by atoms with van der Waals surface area (Å²) in [5.74, 6) is 3.32. The van der Waals surface area contributed by atoms with E-state index in [4.69, 9.17) is 0 Å². The van der Waals surface area contributed by atoms with Gasteiger partial charge in [0, 0.05) is 12.5 Å². The first kappa shape index (κ1) is 12.2. The second kappa shape index (κ2) is 4.76. The molecule has 3 saturated carbocycles. The van der Waals surface area contributed by atoms with Crippen molar-refractivity contribution in [1.29, 1.82) is 0 Å². The van der Waals surface area contributed by atoms with Crippen LogP contribution in [0.1, 0.15) is 51.4 Å². The number of hydrogen-bond acceptors (Lipinski definition) is 3. The van der Waals surface area contributed by atoms with E-state index in [-0.39, 0.29) is 0 Å². The Kier molecular flexibility index (Phi) is 3.06. The molecule has 1 N–H and O–H groups in total. The van der Waals surface area contributed by atoms with Crippen molar-refractivity contribution in [3.63, 3.8) is 0 Å². The lowest BCUT2D eigenvalue weighted by Crippen LogP contribution is -2.51. The highest BCUT2D eigenvalue weighted by Gasteiger charge is 2.49. The van der Waals surface area contributed by atoms with Gasteiger partial charge in [-0.3, -0.25) is 4.90 Å². The maximum absolute atomic E-state index is 9.38. The van der Waals surface area contributed by atoms with Crippen LogP contribution in [0.2, 0.25) is 0 Å². The van der Waals surface area contributed by atoms with Crippen LogP contribution in [-0.4, -0.2) is 35.0 Å². The number of rotatable bonds is 1. The lowest BCUT2D eigenvalue weighted by atomic mass is 9.74. The van der Waals surface area contributed by atoms with Gasteiger partial charge in [-0.05, 0) is 56.4 Å². The van der Waals surface area contributed by atoms with E-state index in [0.717, 1.165) is 23.5 Å². The lowest BCUT2D eigenvalue weighted by Gasteiger charge is -2.45. The van der Waals surface area contributed by atoms with Crippen molar-refractivity contribution < 1.29 is 5.21 Å². The molecule has 0 radical (unpaired) electrons. The summed E-state index contributed by atoms with van der Waals surface area (Å²) < 4.78 is 0. The molecular formula is C16H26N2O. The first-order valence-electron chi connectivity index (χ1n) is 8.32. The van der Waals surface area contributed by atoms with Gasteiger partial charge in [-0.2, -0.15) is 0 Å². The molecule has 1 saturated heterocycles. The molecule has 0 spiro atoms. The molecule has 4 rings (SSSR count). The predicted molar refractivity (Wildman–Crippen MR) is 75.5 cm³/mol. The molecule has 0 aromatic carbocycles. The molecule has 106 valence electrons. The van der Waals surface area contributed by atoms with Crippen LogP contribution in [0.15, 0.2) is 5.16 Å².